The fourth-order valence-corrected chi connectivity index (χ4v) is 4.34. The molecule has 0 spiro atoms. The van der Waals surface area contributed by atoms with Crippen molar-refractivity contribution in [3.05, 3.63) is 59.4 Å². The van der Waals surface area contributed by atoms with Crippen LogP contribution >= 0.6 is 0 Å². The number of hydrogen-bond acceptors (Lipinski definition) is 2. The number of H-pyrrole nitrogens is 1. The number of para-hydroxylation sites is 2. The zero-order valence-corrected chi connectivity index (χ0v) is 19.1. The Morgan fingerprint density at radius 3 is 2.55 bits per heavy atom. The molecule has 3 aromatic rings. The molecular weight excluding hydrogens is 384 g/mol. The average molecular weight is 419 g/mol. The van der Waals surface area contributed by atoms with E-state index in [2.05, 4.69) is 62.3 Å². The molecule has 0 saturated heterocycles. The molecule has 31 heavy (non-hydrogen) atoms. The van der Waals surface area contributed by atoms with Crippen LogP contribution in [-0.2, 0) is 12.8 Å². The van der Waals surface area contributed by atoms with Crippen LogP contribution in [0.1, 0.15) is 63.5 Å². The highest BCUT2D eigenvalue weighted by atomic mass is 16.2. The van der Waals surface area contributed by atoms with Crippen molar-refractivity contribution >= 4 is 22.8 Å². The summed E-state index contributed by atoms with van der Waals surface area (Å²) in [5.41, 5.74) is 5.52. The predicted octanol–water partition coefficient (Wildman–Crippen LogP) is 6.33. The molecule has 0 bridgehead atoms. The Labute approximate surface area is 185 Å². The maximum atomic E-state index is 12.9. The van der Waals surface area contributed by atoms with E-state index in [1.54, 1.807) is 0 Å². The van der Waals surface area contributed by atoms with Gasteiger partial charge in [0.2, 0.25) is 0 Å². The monoisotopic (exact) mass is 418 g/mol. The molecule has 5 heteroatoms. The molecule has 0 fully saturated rings. The third kappa shape index (κ3) is 4.76. The van der Waals surface area contributed by atoms with Gasteiger partial charge in [-0.15, -0.1) is 0 Å². The van der Waals surface area contributed by atoms with Gasteiger partial charge in [-0.1, -0.05) is 58.0 Å². The third-order valence-electron chi connectivity index (χ3n) is 6.17. The second-order valence-corrected chi connectivity index (χ2v) is 9.54. The molecule has 2 amide bonds. The molecule has 164 valence electrons. The zero-order chi connectivity index (χ0) is 22.0. The number of aromatic amines is 1. The molecule has 0 saturated carbocycles. The van der Waals surface area contributed by atoms with Crippen molar-refractivity contribution in [3.8, 4) is 0 Å². The number of imidazole rings is 1. The maximum absolute atomic E-state index is 12.9. The van der Waals surface area contributed by atoms with Crippen molar-refractivity contribution in [2.45, 2.75) is 59.4 Å². The summed E-state index contributed by atoms with van der Waals surface area (Å²) in [6.07, 6.45) is 3.85. The Kier molecular flexibility index (Phi) is 6.30. The molecule has 2 aromatic carbocycles. The number of carbonyl (C=O) groups is 1. The second-order valence-electron chi connectivity index (χ2n) is 9.54. The summed E-state index contributed by atoms with van der Waals surface area (Å²) in [5, 5.41) is 3.07. The van der Waals surface area contributed by atoms with E-state index < -0.39 is 0 Å². The number of rotatable bonds is 8. The van der Waals surface area contributed by atoms with Gasteiger partial charge in [0, 0.05) is 18.7 Å². The van der Waals surface area contributed by atoms with Gasteiger partial charge in [0.15, 0.2) is 0 Å². The van der Waals surface area contributed by atoms with E-state index in [-0.39, 0.29) is 12.1 Å². The quantitative estimate of drug-likeness (QED) is 0.449. The van der Waals surface area contributed by atoms with Crippen molar-refractivity contribution in [3.63, 3.8) is 0 Å². The number of carbonyl (C=O) groups excluding carboxylic acids is 1. The van der Waals surface area contributed by atoms with Gasteiger partial charge in [-0.25, -0.2) is 9.78 Å². The summed E-state index contributed by atoms with van der Waals surface area (Å²) >= 11 is 0. The van der Waals surface area contributed by atoms with Crippen LogP contribution in [0.5, 0.6) is 0 Å². The minimum atomic E-state index is -0.0247. The fourth-order valence-electron chi connectivity index (χ4n) is 4.34. The smallest absolute Gasteiger partial charge is 0.322 e. The topological polar surface area (TPSA) is 61.0 Å². The second kappa shape index (κ2) is 9.13. The molecule has 0 aliphatic carbocycles. The lowest BCUT2D eigenvalue weighted by Crippen LogP contribution is -2.44. The van der Waals surface area contributed by atoms with E-state index >= 15 is 0 Å². The van der Waals surface area contributed by atoms with Crippen LogP contribution < -0.4 is 5.32 Å². The van der Waals surface area contributed by atoms with Gasteiger partial charge in [-0.3, -0.25) is 0 Å². The van der Waals surface area contributed by atoms with Crippen LogP contribution in [0.25, 0.3) is 11.0 Å². The van der Waals surface area contributed by atoms with Crippen LogP contribution in [0.3, 0.4) is 0 Å². The van der Waals surface area contributed by atoms with Gasteiger partial charge in [0.25, 0.3) is 0 Å². The first-order valence-electron chi connectivity index (χ1n) is 11.6. The largest absolute Gasteiger partial charge is 0.342 e. The summed E-state index contributed by atoms with van der Waals surface area (Å²) in [4.78, 5) is 23.4. The third-order valence-corrected chi connectivity index (χ3v) is 6.17. The molecular formula is C26H34N4O. The molecule has 2 heterocycles. The molecule has 0 radical (unpaired) electrons. The Balaban J connectivity index is 1.65. The van der Waals surface area contributed by atoms with Crippen molar-refractivity contribution in [1.29, 1.82) is 0 Å². The number of amides is 2. The normalized spacial score (nSPS) is 16.3. The minimum absolute atomic E-state index is 0.0157. The number of nitrogens with one attached hydrogen (secondary N) is 2. The standard InChI is InChI=1S/C26H34N4O/c1-17(2)12-13-19-8-7-11-22-25(19)29-24(27-22)16-23-20-9-5-6-10-21(20)28-26(31)30(23)15-14-18(3)4/h5-11,17-18,23H,12-16H2,1-4H3,(H,27,29)(H,28,31). The zero-order valence-electron chi connectivity index (χ0n) is 19.1. The molecule has 4 rings (SSSR count). The van der Waals surface area contributed by atoms with Crippen molar-refractivity contribution in [2.24, 2.45) is 11.8 Å². The maximum Gasteiger partial charge on any atom is 0.322 e. The van der Waals surface area contributed by atoms with Gasteiger partial charge in [0.05, 0.1) is 17.1 Å². The summed E-state index contributed by atoms with van der Waals surface area (Å²) in [5.74, 6) is 2.15. The first-order valence-corrected chi connectivity index (χ1v) is 11.6. The van der Waals surface area contributed by atoms with Gasteiger partial charge in [-0.2, -0.15) is 0 Å². The fraction of sp³-hybridized carbons (Fsp3) is 0.462. The van der Waals surface area contributed by atoms with E-state index in [1.807, 2.05) is 23.1 Å². The molecule has 1 unspecified atom stereocenters. The lowest BCUT2D eigenvalue weighted by Gasteiger charge is -2.37. The van der Waals surface area contributed by atoms with E-state index in [1.165, 1.54) is 5.56 Å². The average Bonchev–Trinajstić information content (AvgIpc) is 3.14. The van der Waals surface area contributed by atoms with Crippen molar-refractivity contribution in [2.75, 3.05) is 11.9 Å². The number of urea groups is 1. The number of nitrogens with zero attached hydrogens (tertiary/aromatic N) is 2. The molecule has 5 nitrogen and oxygen atoms in total. The molecule has 1 aliphatic heterocycles. The lowest BCUT2D eigenvalue weighted by molar-refractivity contribution is 0.178. The molecule has 1 atom stereocenters. The van der Waals surface area contributed by atoms with Crippen LogP contribution in [0, 0.1) is 11.8 Å². The molecule has 2 N–H and O–H groups in total. The number of hydrogen-bond donors (Lipinski definition) is 2. The first kappa shape index (κ1) is 21.4. The Morgan fingerprint density at radius 1 is 1.00 bits per heavy atom. The van der Waals surface area contributed by atoms with Gasteiger partial charge in [-0.05, 0) is 54.4 Å². The lowest BCUT2D eigenvalue weighted by atomic mass is 9.96. The minimum Gasteiger partial charge on any atom is -0.342 e. The highest BCUT2D eigenvalue weighted by molar-refractivity contribution is 5.93. The van der Waals surface area contributed by atoms with E-state index in [0.717, 1.165) is 53.9 Å². The Morgan fingerprint density at radius 2 is 1.77 bits per heavy atom. The number of fused-ring (bicyclic) bond motifs is 2. The van der Waals surface area contributed by atoms with E-state index in [0.29, 0.717) is 18.3 Å². The van der Waals surface area contributed by atoms with E-state index in [4.69, 9.17) is 4.98 Å². The van der Waals surface area contributed by atoms with Gasteiger partial charge in [0.1, 0.15) is 5.82 Å². The van der Waals surface area contributed by atoms with Crippen LogP contribution in [-0.4, -0.2) is 27.4 Å². The number of aryl methyl sites for hydroxylation is 1. The highest BCUT2D eigenvalue weighted by Gasteiger charge is 2.32. The van der Waals surface area contributed by atoms with Crippen molar-refractivity contribution in [1.82, 2.24) is 14.9 Å². The summed E-state index contributed by atoms with van der Waals surface area (Å²) in [7, 11) is 0. The first-order chi connectivity index (χ1) is 14.9. The van der Waals surface area contributed by atoms with Crippen LogP contribution in [0.2, 0.25) is 0 Å². The Hall–Kier alpha value is -2.82. The van der Waals surface area contributed by atoms with Gasteiger partial charge >= 0.3 is 6.03 Å². The predicted molar refractivity (Wildman–Crippen MR) is 127 cm³/mol. The molecule has 1 aromatic heterocycles. The highest BCUT2D eigenvalue weighted by Crippen LogP contribution is 2.35. The van der Waals surface area contributed by atoms with Crippen LogP contribution in [0.15, 0.2) is 42.5 Å². The van der Waals surface area contributed by atoms with Crippen molar-refractivity contribution < 1.29 is 4.79 Å². The summed E-state index contributed by atoms with van der Waals surface area (Å²) in [6, 6.07) is 14.5. The number of benzene rings is 2. The number of anilines is 1. The molecule has 1 aliphatic rings. The Bertz CT molecular complexity index is 1050. The SMILES string of the molecule is CC(C)CCc1cccc2[nH]c(CC3c4ccccc4NC(=O)N3CCC(C)C)nc12. The van der Waals surface area contributed by atoms with E-state index in [9.17, 15) is 4.79 Å². The summed E-state index contributed by atoms with van der Waals surface area (Å²) < 4.78 is 0. The summed E-state index contributed by atoms with van der Waals surface area (Å²) in [6.45, 7) is 9.65. The van der Waals surface area contributed by atoms with Gasteiger partial charge < -0.3 is 15.2 Å². The number of aromatic nitrogens is 2. The van der Waals surface area contributed by atoms with Crippen LogP contribution in [0.4, 0.5) is 10.5 Å².